The number of phenolic OH excluding ortho intramolecular Hbond substituents is 1. The number of hydrogen-bond acceptors (Lipinski definition) is 17. The Morgan fingerprint density at radius 3 is 1.45 bits per heavy atom. The fraction of sp³-hybridized carbons (Fsp3) is 0.500. The van der Waals surface area contributed by atoms with Crippen LogP contribution in [0.1, 0.15) is 135 Å². The predicted octanol–water partition coefficient (Wildman–Crippen LogP) is 2.91. The molecular formula is C82H114ClF3N18O15. The molecule has 1 aliphatic heterocycles. The summed E-state index contributed by atoms with van der Waals surface area (Å²) in [4.78, 5) is 181. The lowest BCUT2D eigenvalue weighted by Crippen LogP contribution is -2.61. The molecule has 0 spiro atoms. The van der Waals surface area contributed by atoms with E-state index in [1.165, 1.54) is 55.4 Å². The highest BCUT2D eigenvalue weighted by Gasteiger charge is 2.41. The number of hydrogen-bond donors (Lipinski definition) is 17. The van der Waals surface area contributed by atoms with Crippen LogP contribution in [0.5, 0.6) is 5.75 Å². The minimum Gasteiger partial charge on any atom is -0.508 e. The lowest BCUT2D eigenvalue weighted by molar-refractivity contribution is -0.192. The van der Waals surface area contributed by atoms with Crippen molar-refractivity contribution in [3.8, 4) is 5.75 Å². The number of carboxylic acids is 1. The number of halogens is 4. The first-order chi connectivity index (χ1) is 56.7. The number of aromatic hydroxyl groups is 1. The number of fused-ring (bicyclic) bond motifs is 1. The van der Waals surface area contributed by atoms with Gasteiger partial charge in [0.05, 0.1) is 6.61 Å². The molecule has 2 heterocycles. The van der Waals surface area contributed by atoms with Crippen LogP contribution in [0.15, 0.2) is 126 Å². The quantitative estimate of drug-likeness (QED) is 0.0151. The molecule has 1 aliphatic rings. The Labute approximate surface area is 695 Å². The van der Waals surface area contributed by atoms with Gasteiger partial charge in [-0.3, -0.25) is 67.7 Å². The molecule has 4 aromatic carbocycles. The number of nitrogens with zero attached hydrogens (tertiary/aromatic N) is 4. The van der Waals surface area contributed by atoms with Crippen LogP contribution in [0.2, 0.25) is 5.02 Å². The number of benzene rings is 4. The lowest BCUT2D eigenvalue weighted by atomic mass is 9.99. The normalized spacial score (nSPS) is 14.6. The number of carboxylic acid groups (broad SMARTS) is 1. The maximum Gasteiger partial charge on any atom is 0.490 e. The van der Waals surface area contributed by atoms with Gasteiger partial charge >= 0.3 is 12.1 Å². The summed E-state index contributed by atoms with van der Waals surface area (Å²) in [5.74, 6) is -10.5. The number of phenols is 1. The molecule has 1 saturated heterocycles. The van der Waals surface area contributed by atoms with Crippen molar-refractivity contribution in [2.45, 2.75) is 205 Å². The van der Waals surface area contributed by atoms with Crippen molar-refractivity contribution in [1.29, 1.82) is 0 Å². The number of aromatic nitrogens is 1. The number of pyridine rings is 1. The number of primary amides is 1. The molecule has 119 heavy (non-hydrogen) atoms. The molecule has 0 saturated carbocycles. The molecule has 11 amide bonds. The van der Waals surface area contributed by atoms with Gasteiger partial charge in [0.25, 0.3) is 0 Å². The van der Waals surface area contributed by atoms with Crippen molar-refractivity contribution in [3.63, 3.8) is 0 Å². The van der Waals surface area contributed by atoms with E-state index in [0.717, 1.165) is 10.8 Å². The van der Waals surface area contributed by atoms with E-state index >= 15 is 9.59 Å². The van der Waals surface area contributed by atoms with E-state index in [9.17, 15) is 66.5 Å². The summed E-state index contributed by atoms with van der Waals surface area (Å²) in [5, 5.41) is 68.1. The zero-order valence-electron chi connectivity index (χ0n) is 68.3. The highest BCUT2D eigenvalue weighted by atomic mass is 35.5. The van der Waals surface area contributed by atoms with Crippen molar-refractivity contribution in [2.75, 3.05) is 52.4 Å². The first-order valence-electron chi connectivity index (χ1n) is 39.8. The number of carbonyl (C=O) groups excluding carboxylic acids is 11. The van der Waals surface area contributed by atoms with Crippen LogP contribution in [0.4, 0.5) is 13.2 Å². The SMILES string of the molecule is CCNC(=NCCCC[C@H](NC(=O)[C@H](CC(C)C)NC(=O)[C@@H](CCCCN=C(NCC)NCC)NC(=O)[C@H](Cc1ccc(O)cc1)NC(=O)[C@H](CO)NC(=O)[C@@H](Cc1cccnc1)NC(=O)[C@@H](Cc1ccc(Cl)cc1)NC(=O)[C@H](Cc1ccc2ccccc2c1)NC(C)=O)C(=O)N1CCC[C@H]1C(=O)N[C@H](C)C(N)=O)NCC.O=C(O)C(F)(F)F. The average molecular weight is 1680 g/mol. The van der Waals surface area contributed by atoms with Gasteiger partial charge in [-0.2, -0.15) is 13.2 Å². The number of rotatable bonds is 44. The molecule has 0 radical (unpaired) electrons. The fourth-order valence-corrected chi connectivity index (χ4v) is 12.8. The van der Waals surface area contributed by atoms with Gasteiger partial charge in [0.1, 0.15) is 66.2 Å². The third-order valence-corrected chi connectivity index (χ3v) is 19.0. The zero-order chi connectivity index (χ0) is 87.7. The van der Waals surface area contributed by atoms with Crippen molar-refractivity contribution in [2.24, 2.45) is 21.6 Å². The van der Waals surface area contributed by atoms with Crippen molar-refractivity contribution >= 4 is 105 Å². The number of nitrogens with one attached hydrogen (secondary N) is 13. The van der Waals surface area contributed by atoms with Gasteiger partial charge in [-0.25, -0.2) is 4.79 Å². The Kier molecular flexibility index (Phi) is 41.8. The number of aliphatic hydroxyl groups excluding tert-OH is 1. The van der Waals surface area contributed by atoms with Gasteiger partial charge in [0.15, 0.2) is 11.9 Å². The highest BCUT2D eigenvalue weighted by molar-refractivity contribution is 6.30. The largest absolute Gasteiger partial charge is 0.508 e. The van der Waals surface area contributed by atoms with Gasteiger partial charge < -0.3 is 95.1 Å². The summed E-state index contributed by atoms with van der Waals surface area (Å²) in [6, 6.07) is 15.3. The minimum atomic E-state index is -5.08. The third-order valence-electron chi connectivity index (χ3n) is 18.7. The topological polar surface area (TPSA) is 489 Å². The Balaban J connectivity index is 0.00000344. The van der Waals surface area contributed by atoms with Crippen LogP contribution >= 0.6 is 11.6 Å². The molecule has 0 unspecified atom stereocenters. The predicted molar refractivity (Wildman–Crippen MR) is 442 cm³/mol. The number of nitrogens with two attached hydrogens (primary N) is 1. The van der Waals surface area contributed by atoms with Crippen LogP contribution in [0, 0.1) is 5.92 Å². The minimum absolute atomic E-state index is 0.0365. The summed E-state index contributed by atoms with van der Waals surface area (Å²) >= 11 is 6.26. The molecule has 0 aliphatic carbocycles. The molecule has 650 valence electrons. The first kappa shape index (κ1) is 97.9. The molecule has 10 atom stereocenters. The number of amides is 11. The van der Waals surface area contributed by atoms with Gasteiger partial charge in [0, 0.05) is 95.8 Å². The second kappa shape index (κ2) is 50.8. The van der Waals surface area contributed by atoms with Crippen LogP contribution in [0.25, 0.3) is 10.8 Å². The summed E-state index contributed by atoms with van der Waals surface area (Å²) in [5.41, 5.74) is 7.61. The maximum atomic E-state index is 15.2. The monoisotopic (exact) mass is 1680 g/mol. The molecule has 1 fully saturated rings. The van der Waals surface area contributed by atoms with Gasteiger partial charge in [0.2, 0.25) is 65.0 Å². The molecule has 18 N–H and O–H groups in total. The van der Waals surface area contributed by atoms with E-state index in [4.69, 9.17) is 27.2 Å². The average Bonchev–Trinajstić information content (AvgIpc) is 1.77. The summed E-state index contributed by atoms with van der Waals surface area (Å²) < 4.78 is 31.7. The standard InChI is InChI=1S/C80H113ClN18O13.C2HF3O2/c1-9-84-79(85-10-2)88-38-17-15-24-60(70(104)94-62(41-49(5)6)71(105)93-61(25-16-18-39-89-80(86-11-3)87-12-4)78(112)99-40-20-26-68(99)77(111)90-50(7)69(82)103)92-73(107)64(44-53-30-35-59(102)36-31-53)97-76(110)67(48-100)98-75(109)66(46-55-21-19-37-83-47-55)96-74(108)65(43-52-28-33-58(81)34-29-52)95-72(106)63(91-51(8)101)45-54-27-32-56-22-13-14-23-57(56)42-54;3-2(4,5)1(6)7/h13-14,19,21-23,27-37,42,47,49-50,60-68,100,102H,9-12,15-18,20,24-26,38-41,43-46,48H2,1-8H3,(H2,82,103)(H,90,111)(H,91,101)(H,92,107)(H,93,105)(H,94,104)(H,95,106)(H,96,108)(H,97,110)(H,98,109)(H2,84,85,88)(H2,86,87,89);(H,6,7)/t50-,60-,61+,62+,63+,64+,65-,66-,67+,68+;/m1./s1. The summed E-state index contributed by atoms with van der Waals surface area (Å²) in [6.07, 6.45) is -0.316. The van der Waals surface area contributed by atoms with Crippen molar-refractivity contribution in [1.82, 2.24) is 79.0 Å². The van der Waals surface area contributed by atoms with Crippen molar-refractivity contribution < 1.29 is 86.0 Å². The van der Waals surface area contributed by atoms with Crippen LogP contribution in [-0.2, 0) is 83.2 Å². The maximum absolute atomic E-state index is 15.2. The second-order valence-corrected chi connectivity index (χ2v) is 29.3. The number of unbranched alkanes of at least 4 members (excludes halogenated alkanes) is 2. The zero-order valence-corrected chi connectivity index (χ0v) is 69.0. The molecule has 0 bridgehead atoms. The Morgan fingerprint density at radius 2 is 0.966 bits per heavy atom. The van der Waals surface area contributed by atoms with Crippen LogP contribution in [-0.4, -0.2) is 227 Å². The molecule has 5 aromatic rings. The van der Waals surface area contributed by atoms with Crippen LogP contribution < -0.4 is 74.9 Å². The molecule has 6 rings (SSSR count). The molecule has 37 heteroatoms. The Morgan fingerprint density at radius 1 is 0.538 bits per heavy atom. The van der Waals surface area contributed by atoms with Gasteiger partial charge in [-0.15, -0.1) is 0 Å². The Bertz CT molecular complexity index is 4210. The lowest BCUT2D eigenvalue weighted by Gasteiger charge is -2.31. The highest BCUT2D eigenvalue weighted by Crippen LogP contribution is 2.23. The second-order valence-electron chi connectivity index (χ2n) is 28.8. The fourth-order valence-electron chi connectivity index (χ4n) is 12.7. The van der Waals surface area contributed by atoms with E-state index in [-0.39, 0.29) is 76.0 Å². The molecular weight excluding hydrogens is 1570 g/mol. The summed E-state index contributed by atoms with van der Waals surface area (Å²) in [6.45, 7) is 16.3. The van der Waals surface area contributed by atoms with E-state index in [1.54, 1.807) is 36.4 Å². The third kappa shape index (κ3) is 34.8. The van der Waals surface area contributed by atoms with E-state index in [2.05, 4.69) is 84.1 Å². The number of carbonyl (C=O) groups is 12. The number of alkyl halides is 3. The first-order valence-corrected chi connectivity index (χ1v) is 40.2. The Hall–Kier alpha value is -11.7. The smallest absolute Gasteiger partial charge is 0.490 e. The van der Waals surface area contributed by atoms with E-state index < -0.39 is 144 Å². The summed E-state index contributed by atoms with van der Waals surface area (Å²) in [7, 11) is 0. The number of aliphatic hydroxyl groups is 1. The number of guanidine groups is 2. The van der Waals surface area contributed by atoms with Crippen LogP contribution in [0.3, 0.4) is 0 Å². The van der Waals surface area contributed by atoms with E-state index in [0.29, 0.717) is 104 Å². The van der Waals surface area contributed by atoms with Crippen molar-refractivity contribution in [3.05, 3.63) is 143 Å². The molecule has 1 aromatic heterocycles. The molecule has 33 nitrogen and oxygen atoms in total. The van der Waals surface area contributed by atoms with Gasteiger partial charge in [-0.05, 0) is 162 Å². The number of aliphatic carboxylic acids is 1. The number of aliphatic imine (C=N–C) groups is 2. The van der Waals surface area contributed by atoms with Gasteiger partial charge in [-0.1, -0.05) is 98.2 Å². The van der Waals surface area contributed by atoms with E-state index in [1.807, 2.05) is 84.0 Å². The number of likely N-dealkylation sites (tertiary alicyclic amines) is 1.